The second-order valence-electron chi connectivity index (χ2n) is 5.97. The van der Waals surface area contributed by atoms with Crippen molar-refractivity contribution in [2.45, 2.75) is 6.04 Å². The van der Waals surface area contributed by atoms with Crippen LogP contribution in [0.4, 0.5) is 11.8 Å². The number of piperazine rings is 1. The minimum atomic E-state index is 0.405. The van der Waals surface area contributed by atoms with Crippen molar-refractivity contribution in [3.8, 4) is 6.07 Å². The lowest BCUT2D eigenvalue weighted by Crippen LogP contribution is -2.63. The molecule has 0 amide bonds. The molecule has 0 atom stereocenters. The van der Waals surface area contributed by atoms with E-state index in [1.165, 1.54) is 0 Å². The smallest absolute Gasteiger partial charge is 0.225 e. The fraction of sp³-hybridized carbons (Fsp3) is 0.438. The molecule has 24 heavy (non-hydrogen) atoms. The average Bonchev–Trinajstić information content (AvgIpc) is 2.62. The first-order chi connectivity index (χ1) is 11.8. The van der Waals surface area contributed by atoms with Crippen LogP contribution in [0.15, 0.2) is 30.9 Å². The second kappa shape index (κ2) is 6.37. The Hall–Kier alpha value is -2.79. The molecule has 2 saturated heterocycles. The van der Waals surface area contributed by atoms with Crippen molar-refractivity contribution in [2.75, 3.05) is 49.1 Å². The van der Waals surface area contributed by atoms with Gasteiger partial charge in [0.1, 0.15) is 6.07 Å². The van der Waals surface area contributed by atoms with Crippen LogP contribution in [-0.2, 0) is 0 Å². The third-order valence-corrected chi connectivity index (χ3v) is 4.61. The van der Waals surface area contributed by atoms with Crippen molar-refractivity contribution in [2.24, 2.45) is 0 Å². The van der Waals surface area contributed by atoms with Gasteiger partial charge in [0.15, 0.2) is 11.5 Å². The van der Waals surface area contributed by atoms with E-state index in [9.17, 15) is 0 Å². The molecule has 8 heteroatoms. The molecule has 0 saturated carbocycles. The quantitative estimate of drug-likeness (QED) is 0.789. The summed E-state index contributed by atoms with van der Waals surface area (Å²) in [6.45, 7) is 5.68. The molecule has 0 radical (unpaired) electrons. The molecule has 4 rings (SSSR count). The van der Waals surface area contributed by atoms with E-state index in [-0.39, 0.29) is 0 Å². The predicted molar refractivity (Wildman–Crippen MR) is 88.6 cm³/mol. The Morgan fingerprint density at radius 3 is 2.29 bits per heavy atom. The number of hydrogen-bond donors (Lipinski definition) is 0. The van der Waals surface area contributed by atoms with Crippen LogP contribution in [0.3, 0.4) is 0 Å². The molecule has 0 bridgehead atoms. The number of nitriles is 1. The first kappa shape index (κ1) is 14.8. The number of anilines is 2. The molecule has 2 aliphatic heterocycles. The van der Waals surface area contributed by atoms with Crippen molar-refractivity contribution < 1.29 is 0 Å². The summed E-state index contributed by atoms with van der Waals surface area (Å²) >= 11 is 0. The zero-order chi connectivity index (χ0) is 16.4. The molecule has 2 aliphatic rings. The van der Waals surface area contributed by atoms with Crippen LogP contribution in [0, 0.1) is 11.3 Å². The summed E-state index contributed by atoms with van der Waals surface area (Å²) in [6.07, 6.45) is 6.77. The highest BCUT2D eigenvalue weighted by molar-refractivity contribution is 5.52. The van der Waals surface area contributed by atoms with Crippen LogP contribution in [0.5, 0.6) is 0 Å². The fourth-order valence-corrected chi connectivity index (χ4v) is 3.24. The molecule has 122 valence electrons. The summed E-state index contributed by atoms with van der Waals surface area (Å²) < 4.78 is 0. The highest BCUT2D eigenvalue weighted by atomic mass is 15.4. The van der Waals surface area contributed by atoms with Crippen molar-refractivity contribution >= 4 is 11.8 Å². The zero-order valence-corrected chi connectivity index (χ0v) is 13.3. The van der Waals surface area contributed by atoms with Gasteiger partial charge in [-0.05, 0) is 6.07 Å². The van der Waals surface area contributed by atoms with Crippen molar-refractivity contribution in [3.63, 3.8) is 0 Å². The van der Waals surface area contributed by atoms with E-state index in [0.717, 1.165) is 45.2 Å². The summed E-state index contributed by atoms with van der Waals surface area (Å²) in [4.78, 5) is 23.9. The van der Waals surface area contributed by atoms with E-state index in [2.05, 4.69) is 40.7 Å². The zero-order valence-electron chi connectivity index (χ0n) is 13.3. The van der Waals surface area contributed by atoms with Gasteiger partial charge >= 0.3 is 0 Å². The summed E-state index contributed by atoms with van der Waals surface area (Å²) in [5.41, 5.74) is 0.405. The molecular formula is C16H18N8. The van der Waals surface area contributed by atoms with Crippen LogP contribution in [0.1, 0.15) is 5.69 Å². The first-order valence-electron chi connectivity index (χ1n) is 8.07. The molecule has 0 spiro atoms. The predicted octanol–water partition coefficient (Wildman–Crippen LogP) is 0.149. The van der Waals surface area contributed by atoms with Crippen LogP contribution < -0.4 is 9.80 Å². The van der Waals surface area contributed by atoms with Crippen LogP contribution in [0.25, 0.3) is 0 Å². The van der Waals surface area contributed by atoms with Gasteiger partial charge in [-0.2, -0.15) is 5.26 Å². The van der Waals surface area contributed by atoms with Crippen molar-refractivity contribution in [1.29, 1.82) is 5.26 Å². The number of nitrogens with zero attached hydrogens (tertiary/aromatic N) is 8. The van der Waals surface area contributed by atoms with E-state index >= 15 is 0 Å². The molecule has 4 heterocycles. The molecular weight excluding hydrogens is 304 g/mol. The minimum absolute atomic E-state index is 0.405. The standard InChI is InChI=1S/C16H18N8/c17-10-14-15(19-5-4-18-14)24-11-13(12-24)22-6-8-23(9-7-22)16-20-2-1-3-21-16/h1-5,13H,6-9,11-12H2. The maximum atomic E-state index is 9.13. The highest BCUT2D eigenvalue weighted by Gasteiger charge is 2.35. The van der Waals surface area contributed by atoms with Gasteiger partial charge in [0.05, 0.1) is 0 Å². The number of rotatable bonds is 3. The molecule has 0 aliphatic carbocycles. The van der Waals surface area contributed by atoms with Gasteiger partial charge in [-0.15, -0.1) is 0 Å². The minimum Gasteiger partial charge on any atom is -0.351 e. The summed E-state index contributed by atoms with van der Waals surface area (Å²) in [5.74, 6) is 1.51. The Labute approximate surface area is 140 Å². The van der Waals surface area contributed by atoms with E-state index < -0.39 is 0 Å². The Balaban J connectivity index is 1.32. The van der Waals surface area contributed by atoms with Gasteiger partial charge in [0.2, 0.25) is 5.95 Å². The van der Waals surface area contributed by atoms with Gasteiger partial charge in [-0.1, -0.05) is 0 Å². The van der Waals surface area contributed by atoms with E-state index in [4.69, 9.17) is 5.26 Å². The highest BCUT2D eigenvalue weighted by Crippen LogP contribution is 2.24. The lowest BCUT2D eigenvalue weighted by molar-refractivity contribution is 0.156. The van der Waals surface area contributed by atoms with Gasteiger partial charge in [-0.3, -0.25) is 4.90 Å². The van der Waals surface area contributed by atoms with E-state index in [1.807, 2.05) is 6.07 Å². The maximum absolute atomic E-state index is 9.13. The average molecular weight is 322 g/mol. The lowest BCUT2D eigenvalue weighted by Gasteiger charge is -2.48. The Morgan fingerprint density at radius 2 is 1.58 bits per heavy atom. The van der Waals surface area contributed by atoms with E-state index in [1.54, 1.807) is 24.8 Å². The Kier molecular flexibility index (Phi) is 3.92. The monoisotopic (exact) mass is 322 g/mol. The third kappa shape index (κ3) is 2.74. The molecule has 2 aromatic rings. The molecule has 8 nitrogen and oxygen atoms in total. The normalized spacial score (nSPS) is 19.0. The molecule has 0 unspecified atom stereocenters. The molecule has 0 N–H and O–H groups in total. The molecule has 0 aromatic carbocycles. The first-order valence-corrected chi connectivity index (χ1v) is 8.07. The van der Waals surface area contributed by atoms with Crippen molar-refractivity contribution in [3.05, 3.63) is 36.5 Å². The van der Waals surface area contributed by atoms with Gasteiger partial charge in [-0.25, -0.2) is 19.9 Å². The Morgan fingerprint density at radius 1 is 0.875 bits per heavy atom. The maximum Gasteiger partial charge on any atom is 0.225 e. The summed E-state index contributed by atoms with van der Waals surface area (Å²) in [5, 5.41) is 9.13. The molecule has 2 aromatic heterocycles. The summed E-state index contributed by atoms with van der Waals surface area (Å²) in [6, 6.07) is 4.46. The lowest BCUT2D eigenvalue weighted by atomic mass is 10.1. The third-order valence-electron chi connectivity index (χ3n) is 4.61. The van der Waals surface area contributed by atoms with Crippen LogP contribution >= 0.6 is 0 Å². The van der Waals surface area contributed by atoms with Crippen molar-refractivity contribution in [1.82, 2.24) is 24.8 Å². The molecule has 2 fully saturated rings. The van der Waals surface area contributed by atoms with Gasteiger partial charge < -0.3 is 9.80 Å². The fourth-order valence-electron chi connectivity index (χ4n) is 3.24. The number of hydrogen-bond acceptors (Lipinski definition) is 8. The summed E-state index contributed by atoms with van der Waals surface area (Å²) in [7, 11) is 0. The van der Waals surface area contributed by atoms with Crippen LogP contribution in [-0.4, -0.2) is 70.1 Å². The largest absolute Gasteiger partial charge is 0.351 e. The number of aromatic nitrogens is 4. The van der Waals surface area contributed by atoms with E-state index in [0.29, 0.717) is 17.6 Å². The van der Waals surface area contributed by atoms with Crippen LogP contribution in [0.2, 0.25) is 0 Å². The van der Waals surface area contributed by atoms with Gasteiger partial charge in [0.25, 0.3) is 0 Å². The van der Waals surface area contributed by atoms with Gasteiger partial charge in [0, 0.05) is 70.1 Å². The second-order valence-corrected chi connectivity index (χ2v) is 5.97. The topological polar surface area (TPSA) is 85.1 Å². The SMILES string of the molecule is N#Cc1nccnc1N1CC(N2CCN(c3ncccn3)CC2)C1. The Bertz CT molecular complexity index is 729.